The lowest BCUT2D eigenvalue weighted by Gasteiger charge is -2.28. The van der Waals surface area contributed by atoms with Crippen molar-refractivity contribution in [2.24, 2.45) is 0 Å². The number of hydrogen-bond acceptors (Lipinski definition) is 4. The van der Waals surface area contributed by atoms with Gasteiger partial charge in [0, 0.05) is 24.4 Å². The van der Waals surface area contributed by atoms with E-state index in [0.29, 0.717) is 5.69 Å². The zero-order valence-corrected chi connectivity index (χ0v) is 16.6. The molecule has 3 aromatic carbocycles. The van der Waals surface area contributed by atoms with Crippen molar-refractivity contribution in [2.45, 2.75) is 12.3 Å². The average Bonchev–Trinajstić information content (AvgIpc) is 3.11. The Morgan fingerprint density at radius 3 is 2.23 bits per heavy atom. The van der Waals surface area contributed by atoms with Gasteiger partial charge in [-0.15, -0.1) is 0 Å². The molecule has 0 fully saturated rings. The Hall–Kier alpha value is -3.93. The van der Waals surface area contributed by atoms with Gasteiger partial charge in [-0.3, -0.25) is 9.69 Å². The Bertz CT molecular complexity index is 1190. The van der Waals surface area contributed by atoms with Crippen LogP contribution >= 0.6 is 0 Å². The third-order valence-corrected chi connectivity index (χ3v) is 5.95. The van der Waals surface area contributed by atoms with Crippen molar-refractivity contribution in [2.75, 3.05) is 18.1 Å². The van der Waals surface area contributed by atoms with E-state index in [1.54, 1.807) is 0 Å². The third kappa shape index (κ3) is 3.17. The highest BCUT2D eigenvalue weighted by atomic mass is 16.6. The molecule has 0 atom stereocenters. The Morgan fingerprint density at radius 1 is 0.935 bits per heavy atom. The van der Waals surface area contributed by atoms with Gasteiger partial charge in [0.25, 0.3) is 0 Å². The summed E-state index contributed by atoms with van der Waals surface area (Å²) in [6.07, 6.45) is -0.418. The summed E-state index contributed by atoms with van der Waals surface area (Å²) >= 11 is 0. The van der Waals surface area contributed by atoms with Crippen molar-refractivity contribution in [1.82, 2.24) is 0 Å². The van der Waals surface area contributed by atoms with Crippen LogP contribution in [-0.4, -0.2) is 36.1 Å². The van der Waals surface area contributed by atoms with Gasteiger partial charge in [0.15, 0.2) is 5.78 Å². The predicted octanol–water partition coefficient (Wildman–Crippen LogP) is 4.73. The van der Waals surface area contributed by atoms with E-state index in [2.05, 4.69) is 24.3 Å². The number of anilines is 1. The molecule has 1 heterocycles. The van der Waals surface area contributed by atoms with Crippen LogP contribution in [0.4, 0.5) is 10.5 Å². The normalized spacial score (nSPS) is 14.6. The van der Waals surface area contributed by atoms with Crippen molar-refractivity contribution in [3.05, 3.63) is 89.0 Å². The van der Waals surface area contributed by atoms with Crippen LogP contribution in [0.3, 0.4) is 0 Å². The van der Waals surface area contributed by atoms with Crippen molar-refractivity contribution < 1.29 is 24.2 Å². The van der Waals surface area contributed by atoms with Crippen molar-refractivity contribution in [3.8, 4) is 11.1 Å². The number of rotatable bonds is 3. The molecule has 0 bridgehead atoms. The van der Waals surface area contributed by atoms with E-state index in [0.717, 1.165) is 22.3 Å². The zero-order valence-electron chi connectivity index (χ0n) is 16.6. The van der Waals surface area contributed by atoms with Crippen molar-refractivity contribution >= 4 is 23.5 Å². The summed E-state index contributed by atoms with van der Waals surface area (Å²) in [6.45, 7) is 0.384. The zero-order chi connectivity index (χ0) is 21.5. The summed E-state index contributed by atoms with van der Waals surface area (Å²) in [5.41, 5.74) is 5.18. The predicted molar refractivity (Wildman–Crippen MR) is 115 cm³/mol. The van der Waals surface area contributed by atoms with E-state index >= 15 is 0 Å². The van der Waals surface area contributed by atoms with E-state index < -0.39 is 12.1 Å². The number of carboxylic acid groups (broad SMARTS) is 1. The van der Waals surface area contributed by atoms with E-state index in [9.17, 15) is 19.5 Å². The molecule has 0 unspecified atom stereocenters. The number of nitrogens with zero attached hydrogens (tertiary/aromatic N) is 1. The Labute approximate surface area is 178 Å². The molecule has 0 saturated carbocycles. The van der Waals surface area contributed by atoms with Gasteiger partial charge in [-0.2, -0.15) is 0 Å². The molecule has 1 amide bonds. The van der Waals surface area contributed by atoms with E-state index in [4.69, 9.17) is 4.74 Å². The second-order valence-corrected chi connectivity index (χ2v) is 7.67. The van der Waals surface area contributed by atoms with Gasteiger partial charge in [0.05, 0.1) is 11.3 Å². The molecular formula is C25H19NO5. The molecule has 1 aliphatic heterocycles. The lowest BCUT2D eigenvalue weighted by molar-refractivity contribution is 0.0697. The fraction of sp³-hybridized carbons (Fsp3) is 0.160. The number of fused-ring (bicyclic) bond motifs is 4. The van der Waals surface area contributed by atoms with Crippen LogP contribution in [-0.2, 0) is 4.74 Å². The van der Waals surface area contributed by atoms with Gasteiger partial charge >= 0.3 is 12.1 Å². The molecule has 5 rings (SSSR count). The number of ketones is 1. The monoisotopic (exact) mass is 413 g/mol. The molecule has 154 valence electrons. The van der Waals surface area contributed by atoms with Crippen LogP contribution in [0.2, 0.25) is 0 Å². The van der Waals surface area contributed by atoms with E-state index in [-0.39, 0.29) is 42.4 Å². The van der Waals surface area contributed by atoms with Crippen LogP contribution in [0.1, 0.15) is 44.2 Å². The summed E-state index contributed by atoms with van der Waals surface area (Å²) in [6, 6.07) is 20.4. The number of carbonyl (C=O) groups excluding carboxylic acids is 2. The molecular weight excluding hydrogens is 394 g/mol. The van der Waals surface area contributed by atoms with Gasteiger partial charge in [-0.05, 0) is 40.5 Å². The minimum absolute atomic E-state index is 0.0153. The van der Waals surface area contributed by atoms with E-state index in [1.165, 1.54) is 23.1 Å². The highest BCUT2D eigenvalue weighted by molar-refractivity contribution is 6.09. The number of aromatic carboxylic acids is 1. The average molecular weight is 413 g/mol. The summed E-state index contributed by atoms with van der Waals surface area (Å²) in [5.74, 6) is -1.36. The maximum atomic E-state index is 12.9. The Morgan fingerprint density at radius 2 is 1.58 bits per heavy atom. The molecule has 3 aromatic rings. The van der Waals surface area contributed by atoms with Crippen molar-refractivity contribution in [3.63, 3.8) is 0 Å². The van der Waals surface area contributed by atoms with Gasteiger partial charge in [0.1, 0.15) is 6.61 Å². The van der Waals surface area contributed by atoms with Crippen LogP contribution in [0.15, 0.2) is 66.7 Å². The van der Waals surface area contributed by atoms with Gasteiger partial charge in [-0.25, -0.2) is 9.59 Å². The molecule has 0 saturated heterocycles. The second kappa shape index (κ2) is 7.40. The van der Waals surface area contributed by atoms with Gasteiger partial charge in [0.2, 0.25) is 0 Å². The minimum Gasteiger partial charge on any atom is -0.478 e. The maximum Gasteiger partial charge on any atom is 0.414 e. The van der Waals surface area contributed by atoms with Gasteiger partial charge in [-0.1, -0.05) is 48.5 Å². The number of hydrogen-bond donors (Lipinski definition) is 1. The molecule has 31 heavy (non-hydrogen) atoms. The summed E-state index contributed by atoms with van der Waals surface area (Å²) in [4.78, 5) is 37.9. The third-order valence-electron chi connectivity index (χ3n) is 5.95. The first-order valence-corrected chi connectivity index (χ1v) is 10.1. The highest BCUT2D eigenvalue weighted by Crippen LogP contribution is 2.44. The van der Waals surface area contributed by atoms with E-state index in [1.807, 2.05) is 24.3 Å². The number of carbonyl (C=O) groups is 3. The van der Waals surface area contributed by atoms with Crippen molar-refractivity contribution in [1.29, 1.82) is 0 Å². The van der Waals surface area contributed by atoms with Crippen LogP contribution in [0.25, 0.3) is 11.1 Å². The number of amides is 1. The lowest BCUT2D eigenvalue weighted by Crippen LogP contribution is -2.38. The molecule has 0 radical (unpaired) electrons. The Kier molecular flexibility index (Phi) is 4.55. The largest absolute Gasteiger partial charge is 0.478 e. The molecule has 6 nitrogen and oxygen atoms in total. The summed E-state index contributed by atoms with van der Waals surface area (Å²) in [7, 11) is 0. The molecule has 1 N–H and O–H groups in total. The first-order chi connectivity index (χ1) is 15.0. The fourth-order valence-electron chi connectivity index (χ4n) is 4.46. The molecule has 0 aromatic heterocycles. The maximum absolute atomic E-state index is 12.9. The standard InChI is InChI=1S/C25H19NO5/c27-23-11-12-26(22-10-9-15(24(28)29)13-20(22)23)25(30)31-14-21-18-7-3-1-5-16(18)17-6-2-4-8-19(17)21/h1-10,13,21H,11-12,14H2,(H,28,29). The lowest BCUT2D eigenvalue weighted by atomic mass is 9.98. The molecule has 0 spiro atoms. The smallest absolute Gasteiger partial charge is 0.414 e. The number of carboxylic acids is 1. The summed E-state index contributed by atoms with van der Waals surface area (Å²) < 4.78 is 5.71. The fourth-order valence-corrected chi connectivity index (χ4v) is 4.46. The number of benzene rings is 3. The topological polar surface area (TPSA) is 83.9 Å². The molecule has 1 aliphatic carbocycles. The van der Waals surface area contributed by atoms with Crippen LogP contribution in [0, 0.1) is 0 Å². The highest BCUT2D eigenvalue weighted by Gasteiger charge is 2.32. The summed E-state index contributed by atoms with van der Waals surface area (Å²) in [5, 5.41) is 9.20. The van der Waals surface area contributed by atoms with Gasteiger partial charge < -0.3 is 9.84 Å². The number of ether oxygens (including phenoxy) is 1. The molecule has 6 heteroatoms. The number of Topliss-reactive ketones (excluding diaryl/α,β-unsaturated/α-hetero) is 1. The minimum atomic E-state index is -1.12. The molecule has 2 aliphatic rings. The first-order valence-electron chi connectivity index (χ1n) is 10.1. The first kappa shape index (κ1) is 19.1. The Balaban J connectivity index is 1.39. The quantitative estimate of drug-likeness (QED) is 0.671. The SMILES string of the molecule is O=C(O)c1ccc2c(c1)C(=O)CCN2C(=O)OCC1c2ccccc2-c2ccccc21. The second-order valence-electron chi connectivity index (χ2n) is 7.67. The van der Waals surface area contributed by atoms with Crippen LogP contribution in [0.5, 0.6) is 0 Å². The van der Waals surface area contributed by atoms with Crippen LogP contribution < -0.4 is 4.90 Å².